The Morgan fingerprint density at radius 3 is 2.87 bits per heavy atom. The number of nitriles is 1. The van der Waals surface area contributed by atoms with E-state index in [9.17, 15) is 0 Å². The van der Waals surface area contributed by atoms with Crippen LogP contribution < -0.4 is 16.8 Å². The Hall–Kier alpha value is -2.29. The molecule has 0 aromatic carbocycles. The van der Waals surface area contributed by atoms with Crippen LogP contribution in [0.25, 0.3) is 0 Å². The number of hydrogen-bond donors (Lipinski definition) is 3. The number of pyridine rings is 1. The Balaban J connectivity index is 2.39. The summed E-state index contributed by atoms with van der Waals surface area (Å²) in [5, 5.41) is 11.6. The van der Waals surface area contributed by atoms with E-state index in [1.807, 2.05) is 6.07 Å². The molecule has 0 saturated carbocycles. The molecule has 15 heavy (non-hydrogen) atoms. The third kappa shape index (κ3) is 3.95. The second kappa shape index (κ2) is 5.44. The van der Waals surface area contributed by atoms with E-state index >= 15 is 0 Å². The smallest absolute Gasteiger partial charge is 0.185 e. The molecule has 0 aliphatic heterocycles. The van der Waals surface area contributed by atoms with Crippen molar-refractivity contribution < 1.29 is 0 Å². The molecule has 6 heteroatoms. The van der Waals surface area contributed by atoms with Gasteiger partial charge >= 0.3 is 0 Å². The molecule has 1 rings (SSSR count). The maximum absolute atomic E-state index is 8.55. The Morgan fingerprint density at radius 2 is 2.33 bits per heavy atom. The van der Waals surface area contributed by atoms with E-state index in [0.29, 0.717) is 24.5 Å². The molecule has 5 N–H and O–H groups in total. The van der Waals surface area contributed by atoms with Crippen LogP contribution in [0.3, 0.4) is 0 Å². The van der Waals surface area contributed by atoms with Crippen molar-refractivity contribution in [2.45, 2.75) is 0 Å². The normalized spacial score (nSPS) is 9.00. The molecule has 0 spiro atoms. The SMILES string of the molecule is N#Cc1ccc(NCCN=C(N)N)nc1. The quantitative estimate of drug-likeness (QED) is 0.352. The zero-order chi connectivity index (χ0) is 11.1. The molecule has 0 amide bonds. The molecule has 0 unspecified atom stereocenters. The highest BCUT2D eigenvalue weighted by Gasteiger charge is 1.93. The Labute approximate surface area is 87.6 Å². The van der Waals surface area contributed by atoms with Gasteiger partial charge in [0, 0.05) is 12.7 Å². The molecular weight excluding hydrogens is 192 g/mol. The minimum absolute atomic E-state index is 0.0737. The summed E-state index contributed by atoms with van der Waals surface area (Å²) in [5.41, 5.74) is 10.8. The number of rotatable bonds is 4. The van der Waals surface area contributed by atoms with Crippen molar-refractivity contribution in [1.82, 2.24) is 4.98 Å². The summed E-state index contributed by atoms with van der Waals surface area (Å²) in [6.07, 6.45) is 1.50. The van der Waals surface area contributed by atoms with Gasteiger partial charge in [0.2, 0.25) is 0 Å². The van der Waals surface area contributed by atoms with E-state index in [1.54, 1.807) is 12.1 Å². The van der Waals surface area contributed by atoms with Crippen molar-refractivity contribution in [2.24, 2.45) is 16.5 Å². The van der Waals surface area contributed by atoms with E-state index in [-0.39, 0.29) is 5.96 Å². The van der Waals surface area contributed by atoms with Gasteiger partial charge in [-0.15, -0.1) is 0 Å². The van der Waals surface area contributed by atoms with Gasteiger partial charge in [-0.1, -0.05) is 0 Å². The van der Waals surface area contributed by atoms with Crippen molar-refractivity contribution in [1.29, 1.82) is 5.26 Å². The van der Waals surface area contributed by atoms with E-state index in [2.05, 4.69) is 15.3 Å². The fourth-order valence-corrected chi connectivity index (χ4v) is 0.934. The number of aliphatic imine (C=N–C) groups is 1. The van der Waals surface area contributed by atoms with Gasteiger partial charge in [-0.05, 0) is 12.1 Å². The second-order valence-corrected chi connectivity index (χ2v) is 2.78. The van der Waals surface area contributed by atoms with Crippen molar-refractivity contribution in [3.05, 3.63) is 23.9 Å². The van der Waals surface area contributed by atoms with Gasteiger partial charge in [-0.2, -0.15) is 5.26 Å². The van der Waals surface area contributed by atoms with Crippen LogP contribution in [0.15, 0.2) is 23.3 Å². The average Bonchev–Trinajstić information content (AvgIpc) is 2.25. The van der Waals surface area contributed by atoms with E-state index in [1.165, 1.54) is 6.20 Å². The number of hydrogen-bond acceptors (Lipinski definition) is 4. The van der Waals surface area contributed by atoms with Crippen LogP contribution in [0.1, 0.15) is 5.56 Å². The summed E-state index contributed by atoms with van der Waals surface area (Å²) >= 11 is 0. The zero-order valence-corrected chi connectivity index (χ0v) is 8.14. The zero-order valence-electron chi connectivity index (χ0n) is 8.14. The lowest BCUT2D eigenvalue weighted by molar-refractivity contribution is 1.00. The molecule has 0 saturated heterocycles. The van der Waals surface area contributed by atoms with Crippen molar-refractivity contribution in [3.63, 3.8) is 0 Å². The van der Waals surface area contributed by atoms with Crippen LogP contribution in [0, 0.1) is 11.3 Å². The molecule has 78 valence electrons. The van der Waals surface area contributed by atoms with Gasteiger partial charge < -0.3 is 16.8 Å². The highest BCUT2D eigenvalue weighted by Crippen LogP contribution is 2.02. The topological polar surface area (TPSA) is 113 Å². The summed E-state index contributed by atoms with van der Waals surface area (Å²) < 4.78 is 0. The molecule has 0 fully saturated rings. The number of nitrogens with zero attached hydrogens (tertiary/aromatic N) is 3. The van der Waals surface area contributed by atoms with E-state index < -0.39 is 0 Å². The minimum Gasteiger partial charge on any atom is -0.370 e. The first-order valence-corrected chi connectivity index (χ1v) is 4.38. The van der Waals surface area contributed by atoms with Crippen molar-refractivity contribution in [3.8, 4) is 6.07 Å². The van der Waals surface area contributed by atoms with Crippen LogP contribution in [-0.2, 0) is 0 Å². The number of nitrogens with two attached hydrogens (primary N) is 2. The Morgan fingerprint density at radius 1 is 1.53 bits per heavy atom. The first-order chi connectivity index (χ1) is 7.22. The lowest BCUT2D eigenvalue weighted by Gasteiger charge is -2.02. The number of nitrogens with one attached hydrogen (secondary N) is 1. The van der Waals surface area contributed by atoms with Crippen LogP contribution in [-0.4, -0.2) is 24.0 Å². The molecule has 6 nitrogen and oxygen atoms in total. The van der Waals surface area contributed by atoms with Gasteiger partial charge in [0.05, 0.1) is 12.1 Å². The molecule has 0 atom stereocenters. The average molecular weight is 204 g/mol. The van der Waals surface area contributed by atoms with Crippen LogP contribution in [0.5, 0.6) is 0 Å². The highest BCUT2D eigenvalue weighted by atomic mass is 15.0. The molecule has 1 aromatic rings. The fourth-order valence-electron chi connectivity index (χ4n) is 0.934. The standard InChI is InChI=1S/C9H12N6/c10-5-7-1-2-8(15-6-7)13-3-4-14-9(11)12/h1-2,6H,3-4H2,(H,13,15)(H4,11,12,14). The monoisotopic (exact) mass is 204 g/mol. The Kier molecular flexibility index (Phi) is 3.91. The predicted octanol–water partition coefficient (Wildman–Crippen LogP) is -0.361. The van der Waals surface area contributed by atoms with Crippen LogP contribution >= 0.6 is 0 Å². The summed E-state index contributed by atoms with van der Waals surface area (Å²) in [7, 11) is 0. The fraction of sp³-hybridized carbons (Fsp3) is 0.222. The first kappa shape index (κ1) is 10.8. The third-order valence-corrected chi connectivity index (χ3v) is 1.60. The molecule has 0 aliphatic carbocycles. The minimum atomic E-state index is 0.0737. The summed E-state index contributed by atoms with van der Waals surface area (Å²) in [5.74, 6) is 0.768. The Bertz CT molecular complexity index is 371. The highest BCUT2D eigenvalue weighted by molar-refractivity contribution is 5.75. The van der Waals surface area contributed by atoms with Gasteiger partial charge in [-0.3, -0.25) is 4.99 Å². The summed E-state index contributed by atoms with van der Waals surface area (Å²) in [4.78, 5) is 7.82. The van der Waals surface area contributed by atoms with Crippen LogP contribution in [0.2, 0.25) is 0 Å². The summed E-state index contributed by atoms with van der Waals surface area (Å²) in [6.45, 7) is 1.08. The third-order valence-electron chi connectivity index (χ3n) is 1.60. The van der Waals surface area contributed by atoms with Gasteiger partial charge in [0.15, 0.2) is 5.96 Å². The molecule has 1 heterocycles. The number of aromatic nitrogens is 1. The van der Waals surface area contributed by atoms with Crippen LogP contribution in [0.4, 0.5) is 5.82 Å². The first-order valence-electron chi connectivity index (χ1n) is 4.38. The molecule has 0 aliphatic rings. The maximum atomic E-state index is 8.55. The lowest BCUT2D eigenvalue weighted by atomic mass is 10.3. The lowest BCUT2D eigenvalue weighted by Crippen LogP contribution is -2.24. The van der Waals surface area contributed by atoms with E-state index in [0.717, 1.165) is 0 Å². The maximum Gasteiger partial charge on any atom is 0.185 e. The van der Waals surface area contributed by atoms with Gasteiger partial charge in [-0.25, -0.2) is 4.98 Å². The molecule has 1 aromatic heterocycles. The number of guanidine groups is 1. The van der Waals surface area contributed by atoms with E-state index in [4.69, 9.17) is 16.7 Å². The number of anilines is 1. The summed E-state index contributed by atoms with van der Waals surface area (Å²) in [6, 6.07) is 5.41. The predicted molar refractivity (Wildman–Crippen MR) is 58.1 cm³/mol. The largest absolute Gasteiger partial charge is 0.370 e. The van der Waals surface area contributed by atoms with Gasteiger partial charge in [0.1, 0.15) is 11.9 Å². The van der Waals surface area contributed by atoms with Crippen molar-refractivity contribution >= 4 is 11.8 Å². The van der Waals surface area contributed by atoms with Gasteiger partial charge in [0.25, 0.3) is 0 Å². The second-order valence-electron chi connectivity index (χ2n) is 2.78. The van der Waals surface area contributed by atoms with Crippen molar-refractivity contribution in [2.75, 3.05) is 18.4 Å². The molecular formula is C9H12N6. The molecule has 0 radical (unpaired) electrons. The molecule has 0 bridgehead atoms.